The van der Waals surface area contributed by atoms with Crippen LogP contribution in [-0.4, -0.2) is 17.5 Å². The van der Waals surface area contributed by atoms with Crippen molar-refractivity contribution in [3.05, 3.63) is 11.3 Å². The Morgan fingerprint density at radius 1 is 1.57 bits per heavy atom. The highest BCUT2D eigenvalue weighted by atomic mass is 16.5. The van der Waals surface area contributed by atoms with E-state index in [4.69, 9.17) is 5.21 Å². The Bertz CT molecular complexity index is 233. The van der Waals surface area contributed by atoms with Gasteiger partial charge in [-0.05, 0) is 38.2 Å². The number of nitrogens with one attached hydrogen (secondary N) is 1. The van der Waals surface area contributed by atoms with Crippen LogP contribution in [0.2, 0.25) is 0 Å². The van der Waals surface area contributed by atoms with E-state index in [0.717, 1.165) is 18.5 Å². The van der Waals surface area contributed by atoms with Gasteiger partial charge in [0.1, 0.15) is 0 Å². The molecule has 3 heteroatoms. The first kappa shape index (κ1) is 11.2. The zero-order valence-corrected chi connectivity index (χ0v) is 9.08. The molecule has 80 valence electrons. The molecule has 1 aliphatic rings. The summed E-state index contributed by atoms with van der Waals surface area (Å²) >= 11 is 0. The third-order valence-corrected chi connectivity index (χ3v) is 2.81. The van der Waals surface area contributed by atoms with Crippen LogP contribution in [0.1, 0.15) is 46.0 Å². The Morgan fingerprint density at radius 2 is 2.36 bits per heavy atom. The van der Waals surface area contributed by atoms with Gasteiger partial charge in [0.25, 0.3) is 0 Å². The molecule has 0 saturated heterocycles. The monoisotopic (exact) mass is 196 g/mol. The summed E-state index contributed by atoms with van der Waals surface area (Å²) < 4.78 is 0. The molecule has 1 atom stereocenters. The van der Waals surface area contributed by atoms with E-state index in [1.165, 1.54) is 24.8 Å². The molecule has 0 aromatic heterocycles. The molecule has 0 aromatic rings. The van der Waals surface area contributed by atoms with Crippen molar-refractivity contribution in [3.8, 4) is 0 Å². The van der Waals surface area contributed by atoms with Crippen molar-refractivity contribution in [2.75, 3.05) is 0 Å². The highest BCUT2D eigenvalue weighted by Gasteiger charge is 2.07. The third kappa shape index (κ3) is 3.14. The number of nitrogens with zero attached hydrogens (tertiary/aromatic N) is 1. The number of hydrogen-bond donors (Lipinski definition) is 2. The predicted octanol–water partition coefficient (Wildman–Crippen LogP) is 2.66. The first-order chi connectivity index (χ1) is 6.77. The van der Waals surface area contributed by atoms with Crippen LogP contribution in [-0.2, 0) is 0 Å². The second-order valence-electron chi connectivity index (χ2n) is 3.89. The zero-order valence-electron chi connectivity index (χ0n) is 9.08. The molecule has 0 aliphatic carbocycles. The quantitative estimate of drug-likeness (QED) is 0.667. The lowest BCUT2D eigenvalue weighted by molar-refractivity contribution is 0.206. The van der Waals surface area contributed by atoms with E-state index in [-0.39, 0.29) is 0 Å². The second kappa shape index (κ2) is 5.81. The van der Waals surface area contributed by atoms with E-state index in [2.05, 4.69) is 17.4 Å². The fraction of sp³-hybridized carbons (Fsp3) is 0.727. The minimum Gasteiger partial charge on any atom is -0.291 e. The Balaban J connectivity index is 2.75. The maximum Gasteiger partial charge on any atom is 0.0769 e. The molecule has 0 bridgehead atoms. The molecule has 1 rings (SSSR count). The molecule has 0 aromatic carbocycles. The van der Waals surface area contributed by atoms with Crippen LogP contribution in [0.5, 0.6) is 0 Å². The van der Waals surface area contributed by atoms with Gasteiger partial charge in [0.15, 0.2) is 0 Å². The van der Waals surface area contributed by atoms with Crippen LogP contribution in [0.25, 0.3) is 0 Å². The molecular formula is C11H20N2O. The van der Waals surface area contributed by atoms with Gasteiger partial charge >= 0.3 is 0 Å². The minimum atomic E-state index is 0.421. The van der Waals surface area contributed by atoms with Gasteiger partial charge in [0.05, 0.1) is 5.70 Å². The maximum absolute atomic E-state index is 8.93. The van der Waals surface area contributed by atoms with Crippen LogP contribution in [0.4, 0.5) is 0 Å². The lowest BCUT2D eigenvalue weighted by Gasteiger charge is -2.07. The molecule has 1 unspecified atom stereocenters. The smallest absolute Gasteiger partial charge is 0.0769 e. The molecule has 2 N–H and O–H groups in total. The fourth-order valence-corrected chi connectivity index (χ4v) is 1.70. The molecular weight excluding hydrogens is 176 g/mol. The summed E-state index contributed by atoms with van der Waals surface area (Å²) in [6, 6.07) is 0.421. The van der Waals surface area contributed by atoms with E-state index in [9.17, 15) is 0 Å². The number of hydroxylamine groups is 1. The first-order valence-electron chi connectivity index (χ1n) is 5.41. The Labute approximate surface area is 85.9 Å². The number of allylic oxidation sites excluding steroid dienone is 2. The van der Waals surface area contributed by atoms with Crippen molar-refractivity contribution >= 4 is 6.21 Å². The fourth-order valence-electron chi connectivity index (χ4n) is 1.70. The molecule has 1 heterocycles. The van der Waals surface area contributed by atoms with Crippen LogP contribution in [0.15, 0.2) is 16.3 Å². The van der Waals surface area contributed by atoms with E-state index < -0.39 is 0 Å². The van der Waals surface area contributed by atoms with Crippen molar-refractivity contribution in [1.29, 1.82) is 0 Å². The molecule has 0 amide bonds. The zero-order chi connectivity index (χ0) is 10.4. The number of aliphatic imine (C=N–C) groups is 1. The van der Waals surface area contributed by atoms with Gasteiger partial charge in [-0.25, -0.2) is 0 Å². The second-order valence-corrected chi connectivity index (χ2v) is 3.89. The minimum absolute atomic E-state index is 0.421. The van der Waals surface area contributed by atoms with E-state index in [1.54, 1.807) is 6.21 Å². The van der Waals surface area contributed by atoms with Crippen molar-refractivity contribution in [1.82, 2.24) is 5.48 Å². The first-order valence-corrected chi connectivity index (χ1v) is 5.41. The van der Waals surface area contributed by atoms with Gasteiger partial charge < -0.3 is 0 Å². The Kier molecular flexibility index (Phi) is 4.66. The molecule has 14 heavy (non-hydrogen) atoms. The highest BCUT2D eigenvalue weighted by molar-refractivity contribution is 5.78. The summed E-state index contributed by atoms with van der Waals surface area (Å²) in [6.07, 6.45) is 7.48. The summed E-state index contributed by atoms with van der Waals surface area (Å²) in [5, 5.41) is 8.93. The summed E-state index contributed by atoms with van der Waals surface area (Å²) in [4.78, 5) is 4.46. The van der Waals surface area contributed by atoms with E-state index in [1.807, 2.05) is 6.92 Å². The average molecular weight is 196 g/mol. The molecule has 1 aliphatic heterocycles. The topological polar surface area (TPSA) is 44.6 Å². The van der Waals surface area contributed by atoms with Gasteiger partial charge in [0, 0.05) is 12.3 Å². The summed E-state index contributed by atoms with van der Waals surface area (Å²) in [6.45, 7) is 4.19. The standard InChI is InChI=1S/C11H20N2O/c1-3-10-7-5-4-6-9(2)11(13-14)8-12-10/h8,10,13-14H,3-7H2,1-2H3/b11-9-,12-8-. The van der Waals surface area contributed by atoms with E-state index >= 15 is 0 Å². The number of rotatable bonds is 2. The summed E-state index contributed by atoms with van der Waals surface area (Å²) in [5.41, 5.74) is 4.18. The molecule has 0 spiro atoms. The van der Waals surface area contributed by atoms with Gasteiger partial charge in [-0.1, -0.05) is 13.3 Å². The summed E-state index contributed by atoms with van der Waals surface area (Å²) in [7, 11) is 0. The predicted molar refractivity (Wildman–Crippen MR) is 58.7 cm³/mol. The van der Waals surface area contributed by atoms with E-state index in [0.29, 0.717) is 6.04 Å². The lowest BCUT2D eigenvalue weighted by atomic mass is 10.0. The van der Waals surface area contributed by atoms with Gasteiger partial charge in [-0.15, -0.1) is 0 Å². The highest BCUT2D eigenvalue weighted by Crippen LogP contribution is 2.16. The van der Waals surface area contributed by atoms with Crippen LogP contribution in [0.3, 0.4) is 0 Å². The molecule has 0 saturated carbocycles. The van der Waals surface area contributed by atoms with Gasteiger partial charge in [-0.2, -0.15) is 0 Å². The van der Waals surface area contributed by atoms with Crippen LogP contribution in [0, 0.1) is 0 Å². The van der Waals surface area contributed by atoms with Gasteiger partial charge in [-0.3, -0.25) is 15.7 Å². The van der Waals surface area contributed by atoms with Crippen molar-refractivity contribution in [2.45, 2.75) is 52.0 Å². The molecule has 0 radical (unpaired) electrons. The normalized spacial score (nSPS) is 31.5. The van der Waals surface area contributed by atoms with Crippen LogP contribution >= 0.6 is 0 Å². The van der Waals surface area contributed by atoms with Gasteiger partial charge in [0.2, 0.25) is 0 Å². The lowest BCUT2D eigenvalue weighted by Crippen LogP contribution is -2.11. The third-order valence-electron chi connectivity index (χ3n) is 2.81. The van der Waals surface area contributed by atoms with Crippen molar-refractivity contribution in [3.63, 3.8) is 0 Å². The Morgan fingerprint density at radius 3 is 3.00 bits per heavy atom. The maximum atomic E-state index is 8.93. The van der Waals surface area contributed by atoms with Crippen molar-refractivity contribution in [2.24, 2.45) is 4.99 Å². The average Bonchev–Trinajstić information content (AvgIpc) is 2.29. The SMILES string of the molecule is CCC1CCCC/C(C)=C(NO)/C=N\1. The van der Waals surface area contributed by atoms with Crippen LogP contribution < -0.4 is 5.48 Å². The molecule has 3 nitrogen and oxygen atoms in total. The molecule has 0 fully saturated rings. The number of hydrogen-bond acceptors (Lipinski definition) is 3. The van der Waals surface area contributed by atoms with Crippen molar-refractivity contribution < 1.29 is 5.21 Å². The largest absolute Gasteiger partial charge is 0.291 e. The summed E-state index contributed by atoms with van der Waals surface area (Å²) in [5.74, 6) is 0. The Hall–Kier alpha value is -0.830.